The number of amides is 1. The standard InChI is InChI=1S/C24H22N4O3S/c1-2-10-28-21-18(22(29)26-24(28)31)13-16(14-25-21)23(30)27-11-8-19-17(9-12-32-19)20(27)15-6-4-3-5-7-15/h3-7,9,12-14,20H,2,8,10-11H2,1H3,(H,26,29,31). The number of aromatic amines is 1. The van der Waals surface area contributed by atoms with Crippen LogP contribution in [0, 0.1) is 0 Å². The van der Waals surface area contributed by atoms with Gasteiger partial charge in [-0.25, -0.2) is 9.78 Å². The third kappa shape index (κ3) is 3.36. The Morgan fingerprint density at radius 1 is 1.22 bits per heavy atom. The van der Waals surface area contributed by atoms with Gasteiger partial charge in [0.2, 0.25) is 0 Å². The van der Waals surface area contributed by atoms with Gasteiger partial charge in [0, 0.05) is 24.2 Å². The second kappa shape index (κ2) is 8.20. The zero-order chi connectivity index (χ0) is 22.2. The summed E-state index contributed by atoms with van der Waals surface area (Å²) in [6, 6.07) is 13.4. The van der Waals surface area contributed by atoms with Gasteiger partial charge in [-0.2, -0.15) is 0 Å². The first kappa shape index (κ1) is 20.4. The van der Waals surface area contributed by atoms with Crippen molar-refractivity contribution >= 4 is 28.3 Å². The number of thiophene rings is 1. The molecular weight excluding hydrogens is 424 g/mol. The molecule has 0 aliphatic carbocycles. The molecule has 1 atom stereocenters. The monoisotopic (exact) mass is 446 g/mol. The van der Waals surface area contributed by atoms with E-state index in [1.807, 2.05) is 42.2 Å². The molecular formula is C24H22N4O3S. The van der Waals surface area contributed by atoms with Crippen molar-refractivity contribution in [1.29, 1.82) is 0 Å². The fourth-order valence-corrected chi connectivity index (χ4v) is 5.32. The Balaban J connectivity index is 1.60. The highest BCUT2D eigenvalue weighted by molar-refractivity contribution is 7.10. The van der Waals surface area contributed by atoms with E-state index in [1.165, 1.54) is 15.6 Å². The summed E-state index contributed by atoms with van der Waals surface area (Å²) in [7, 11) is 0. The molecule has 0 radical (unpaired) electrons. The first-order valence-electron chi connectivity index (χ1n) is 10.6. The summed E-state index contributed by atoms with van der Waals surface area (Å²) in [4.78, 5) is 48.2. The number of carbonyl (C=O) groups is 1. The number of aryl methyl sites for hydroxylation is 1. The summed E-state index contributed by atoms with van der Waals surface area (Å²) in [5, 5.41) is 2.31. The average Bonchev–Trinajstić information content (AvgIpc) is 3.30. The highest BCUT2D eigenvalue weighted by Gasteiger charge is 2.33. The zero-order valence-corrected chi connectivity index (χ0v) is 18.4. The van der Waals surface area contributed by atoms with Gasteiger partial charge in [-0.1, -0.05) is 37.3 Å². The fourth-order valence-electron chi connectivity index (χ4n) is 4.41. The van der Waals surface area contributed by atoms with Crippen LogP contribution < -0.4 is 11.2 Å². The molecule has 32 heavy (non-hydrogen) atoms. The van der Waals surface area contributed by atoms with Crippen molar-refractivity contribution in [3.8, 4) is 0 Å². The number of hydrogen-bond donors (Lipinski definition) is 1. The van der Waals surface area contributed by atoms with Crippen LogP contribution in [0.4, 0.5) is 0 Å². The summed E-state index contributed by atoms with van der Waals surface area (Å²) >= 11 is 1.72. The first-order valence-corrected chi connectivity index (χ1v) is 11.5. The number of fused-ring (bicyclic) bond motifs is 2. The van der Waals surface area contributed by atoms with Crippen LogP contribution in [0.25, 0.3) is 11.0 Å². The van der Waals surface area contributed by atoms with Crippen LogP contribution in [0.2, 0.25) is 0 Å². The fraction of sp³-hybridized carbons (Fsp3) is 0.250. The molecule has 0 spiro atoms. The van der Waals surface area contributed by atoms with Gasteiger partial charge in [0.15, 0.2) is 0 Å². The van der Waals surface area contributed by atoms with Crippen LogP contribution in [0.3, 0.4) is 0 Å². The van der Waals surface area contributed by atoms with Crippen molar-refractivity contribution in [2.45, 2.75) is 32.4 Å². The number of H-pyrrole nitrogens is 1. The van der Waals surface area contributed by atoms with E-state index in [0.717, 1.165) is 24.0 Å². The van der Waals surface area contributed by atoms with Gasteiger partial charge >= 0.3 is 5.69 Å². The Labute approximate surface area is 188 Å². The van der Waals surface area contributed by atoms with Gasteiger partial charge in [0.1, 0.15) is 5.65 Å². The molecule has 1 unspecified atom stereocenters. The van der Waals surface area contributed by atoms with Crippen molar-refractivity contribution in [2.24, 2.45) is 0 Å². The first-order chi connectivity index (χ1) is 15.6. The SMILES string of the molecule is CCCn1c(=O)[nH]c(=O)c2cc(C(=O)N3CCc4sccc4C3c3ccccc3)cnc21. The second-order valence-corrected chi connectivity index (χ2v) is 8.87. The van der Waals surface area contributed by atoms with Crippen molar-refractivity contribution in [3.05, 3.63) is 96.4 Å². The Morgan fingerprint density at radius 2 is 2.03 bits per heavy atom. The number of benzene rings is 1. The van der Waals surface area contributed by atoms with E-state index in [-0.39, 0.29) is 17.3 Å². The van der Waals surface area contributed by atoms with Crippen LogP contribution >= 0.6 is 11.3 Å². The minimum absolute atomic E-state index is 0.183. The minimum Gasteiger partial charge on any atom is -0.327 e. The highest BCUT2D eigenvalue weighted by atomic mass is 32.1. The number of rotatable bonds is 4. The molecule has 8 heteroatoms. The average molecular weight is 447 g/mol. The Morgan fingerprint density at radius 3 is 2.81 bits per heavy atom. The molecule has 4 heterocycles. The number of aromatic nitrogens is 3. The molecule has 162 valence electrons. The molecule has 1 N–H and O–H groups in total. The zero-order valence-electron chi connectivity index (χ0n) is 17.6. The lowest BCUT2D eigenvalue weighted by molar-refractivity contribution is 0.0696. The van der Waals surface area contributed by atoms with Crippen LogP contribution in [0.15, 0.2) is 63.6 Å². The molecule has 3 aromatic heterocycles. The summed E-state index contributed by atoms with van der Waals surface area (Å²) in [5.74, 6) is -0.183. The Bertz CT molecular complexity index is 1420. The Hall–Kier alpha value is -3.52. The lowest BCUT2D eigenvalue weighted by Crippen LogP contribution is -2.40. The number of nitrogens with one attached hydrogen (secondary N) is 1. The molecule has 4 aromatic rings. The molecule has 0 saturated carbocycles. The van der Waals surface area contributed by atoms with Crippen LogP contribution in [-0.4, -0.2) is 31.9 Å². The largest absolute Gasteiger partial charge is 0.329 e. The Kier molecular flexibility index (Phi) is 5.22. The predicted octanol–water partition coefficient (Wildman–Crippen LogP) is 3.34. The quantitative estimate of drug-likeness (QED) is 0.521. The topological polar surface area (TPSA) is 88.1 Å². The number of carbonyl (C=O) groups excluding carboxylic acids is 1. The highest BCUT2D eigenvalue weighted by Crippen LogP contribution is 2.38. The molecule has 5 rings (SSSR count). The molecule has 1 aliphatic heterocycles. The molecule has 0 fully saturated rings. The van der Waals surface area contributed by atoms with E-state index >= 15 is 0 Å². The smallest absolute Gasteiger partial charge is 0.327 e. The predicted molar refractivity (Wildman–Crippen MR) is 124 cm³/mol. The molecule has 7 nitrogen and oxygen atoms in total. The molecule has 1 aliphatic rings. The van der Waals surface area contributed by atoms with E-state index in [2.05, 4.69) is 21.4 Å². The number of nitrogens with zero attached hydrogens (tertiary/aromatic N) is 3. The number of pyridine rings is 1. The van der Waals surface area contributed by atoms with Gasteiger partial charge in [0.05, 0.1) is 17.0 Å². The third-order valence-corrected chi connectivity index (χ3v) is 6.87. The van der Waals surface area contributed by atoms with E-state index < -0.39 is 11.2 Å². The summed E-state index contributed by atoms with van der Waals surface area (Å²) < 4.78 is 1.44. The lowest BCUT2D eigenvalue weighted by atomic mass is 9.92. The van der Waals surface area contributed by atoms with E-state index in [4.69, 9.17) is 0 Å². The van der Waals surface area contributed by atoms with Gasteiger partial charge in [-0.15, -0.1) is 11.3 Å². The maximum absolute atomic E-state index is 13.7. The van der Waals surface area contributed by atoms with Crippen LogP contribution in [-0.2, 0) is 13.0 Å². The van der Waals surface area contributed by atoms with E-state index in [1.54, 1.807) is 17.4 Å². The molecule has 1 amide bonds. The third-order valence-electron chi connectivity index (χ3n) is 5.87. The van der Waals surface area contributed by atoms with Crippen molar-refractivity contribution in [1.82, 2.24) is 19.4 Å². The molecule has 0 saturated heterocycles. The van der Waals surface area contributed by atoms with Gasteiger partial charge in [-0.3, -0.25) is 19.1 Å². The van der Waals surface area contributed by atoms with Crippen molar-refractivity contribution in [3.63, 3.8) is 0 Å². The van der Waals surface area contributed by atoms with E-state index in [9.17, 15) is 14.4 Å². The molecule has 0 bridgehead atoms. The summed E-state index contributed by atoms with van der Waals surface area (Å²) in [5.41, 5.74) is 1.81. The lowest BCUT2D eigenvalue weighted by Gasteiger charge is -2.36. The second-order valence-electron chi connectivity index (χ2n) is 7.87. The summed E-state index contributed by atoms with van der Waals surface area (Å²) in [6.45, 7) is 2.96. The van der Waals surface area contributed by atoms with Crippen molar-refractivity contribution in [2.75, 3.05) is 6.54 Å². The van der Waals surface area contributed by atoms with Crippen LogP contribution in [0.1, 0.15) is 45.7 Å². The normalized spacial score (nSPS) is 15.7. The van der Waals surface area contributed by atoms with Gasteiger partial charge in [0.25, 0.3) is 11.5 Å². The maximum atomic E-state index is 13.7. The minimum atomic E-state index is -0.530. The van der Waals surface area contributed by atoms with Gasteiger partial charge in [-0.05, 0) is 41.5 Å². The van der Waals surface area contributed by atoms with Gasteiger partial charge < -0.3 is 4.90 Å². The molecule has 1 aromatic carbocycles. The van der Waals surface area contributed by atoms with Crippen molar-refractivity contribution < 1.29 is 4.79 Å². The van der Waals surface area contributed by atoms with Crippen LogP contribution in [0.5, 0.6) is 0 Å². The number of hydrogen-bond acceptors (Lipinski definition) is 5. The summed E-state index contributed by atoms with van der Waals surface area (Å²) in [6.07, 6.45) is 2.99. The van der Waals surface area contributed by atoms with E-state index in [0.29, 0.717) is 24.3 Å². The maximum Gasteiger partial charge on any atom is 0.329 e.